The van der Waals surface area contributed by atoms with Gasteiger partial charge in [0, 0.05) is 30.5 Å². The zero-order valence-electron chi connectivity index (χ0n) is 19.1. The van der Waals surface area contributed by atoms with Crippen LogP contribution in [0.1, 0.15) is 6.42 Å². The first-order valence-corrected chi connectivity index (χ1v) is 12.8. The molecule has 0 bridgehead atoms. The minimum atomic E-state index is -3.56. The number of aliphatic hydroxyl groups is 1. The standard InChI is InChI=1S/C25H23F2N3O5S/c1-36(34,35)23-5-3-2-4-19(23)15-6-11-21(20(27)12-15)29-24(32)22-13-18(31)14-30(22)25(33)28-17-9-7-16(26)8-10-17/h2-12,18,22,31H,13-14H2,1H3,(H,28,33)(H,29,32)/t18-,22-/m1/s1. The average Bonchev–Trinajstić information content (AvgIpc) is 3.23. The number of nitrogens with zero attached hydrogens (tertiary/aromatic N) is 1. The normalized spacial score (nSPS) is 17.6. The van der Waals surface area contributed by atoms with Crippen molar-refractivity contribution >= 4 is 33.2 Å². The number of amides is 3. The number of hydrogen-bond donors (Lipinski definition) is 3. The van der Waals surface area contributed by atoms with Crippen LogP contribution in [0.4, 0.5) is 25.0 Å². The van der Waals surface area contributed by atoms with Gasteiger partial charge < -0.3 is 20.6 Å². The first-order valence-electron chi connectivity index (χ1n) is 10.9. The largest absolute Gasteiger partial charge is 0.391 e. The zero-order valence-corrected chi connectivity index (χ0v) is 19.9. The average molecular weight is 516 g/mol. The van der Waals surface area contributed by atoms with Crippen molar-refractivity contribution in [3.05, 3.63) is 78.4 Å². The molecule has 3 aromatic rings. The number of aliphatic hydroxyl groups excluding tert-OH is 1. The Morgan fingerprint density at radius 3 is 2.36 bits per heavy atom. The van der Waals surface area contributed by atoms with Crippen LogP contribution in [0, 0.1) is 11.6 Å². The van der Waals surface area contributed by atoms with Crippen molar-refractivity contribution in [2.45, 2.75) is 23.5 Å². The Labute approximate surface area is 206 Å². The Morgan fingerprint density at radius 1 is 1.00 bits per heavy atom. The van der Waals surface area contributed by atoms with Gasteiger partial charge >= 0.3 is 6.03 Å². The summed E-state index contributed by atoms with van der Waals surface area (Å²) in [6.45, 7) is -0.116. The van der Waals surface area contributed by atoms with Crippen LogP contribution in [0.3, 0.4) is 0 Å². The van der Waals surface area contributed by atoms with Crippen LogP contribution in [0.2, 0.25) is 0 Å². The summed E-state index contributed by atoms with van der Waals surface area (Å²) in [5.74, 6) is -1.98. The Kier molecular flexibility index (Phi) is 7.04. The van der Waals surface area contributed by atoms with E-state index in [1.807, 2.05) is 0 Å². The van der Waals surface area contributed by atoms with Crippen LogP contribution in [-0.2, 0) is 14.6 Å². The molecule has 0 aliphatic carbocycles. The number of carbonyl (C=O) groups excluding carboxylic acids is 2. The van der Waals surface area contributed by atoms with Crippen molar-refractivity contribution in [1.29, 1.82) is 0 Å². The molecule has 0 spiro atoms. The molecule has 3 N–H and O–H groups in total. The second-order valence-corrected chi connectivity index (χ2v) is 10.4. The number of sulfone groups is 1. The molecule has 0 saturated carbocycles. The maximum atomic E-state index is 14.9. The Balaban J connectivity index is 1.51. The molecule has 1 saturated heterocycles. The Morgan fingerprint density at radius 2 is 1.69 bits per heavy atom. The fourth-order valence-corrected chi connectivity index (χ4v) is 4.95. The lowest BCUT2D eigenvalue weighted by molar-refractivity contribution is -0.119. The minimum absolute atomic E-state index is 0.0453. The second kappa shape index (κ2) is 10.0. The van der Waals surface area contributed by atoms with Crippen molar-refractivity contribution < 1.29 is 31.9 Å². The lowest BCUT2D eigenvalue weighted by Crippen LogP contribution is -2.45. The summed E-state index contributed by atoms with van der Waals surface area (Å²) in [6.07, 6.45) is 0.0500. The van der Waals surface area contributed by atoms with Crippen molar-refractivity contribution in [3.63, 3.8) is 0 Å². The van der Waals surface area contributed by atoms with Crippen LogP contribution in [0.15, 0.2) is 71.6 Å². The van der Waals surface area contributed by atoms with Gasteiger partial charge in [0.15, 0.2) is 9.84 Å². The van der Waals surface area contributed by atoms with E-state index < -0.39 is 45.6 Å². The molecule has 8 nitrogen and oxygen atoms in total. The van der Waals surface area contributed by atoms with Gasteiger partial charge in [0.1, 0.15) is 17.7 Å². The maximum absolute atomic E-state index is 14.9. The third kappa shape index (κ3) is 5.52. The SMILES string of the molecule is CS(=O)(=O)c1ccccc1-c1ccc(NC(=O)[C@H]2C[C@@H](O)CN2C(=O)Nc2ccc(F)cc2)c(F)c1. The van der Waals surface area contributed by atoms with Crippen molar-refractivity contribution in [2.24, 2.45) is 0 Å². The van der Waals surface area contributed by atoms with E-state index in [0.717, 1.165) is 17.2 Å². The van der Waals surface area contributed by atoms with Crippen LogP contribution in [0.5, 0.6) is 0 Å². The number of halogens is 2. The summed E-state index contributed by atoms with van der Waals surface area (Å²) >= 11 is 0. The van der Waals surface area contributed by atoms with Gasteiger partial charge in [-0.3, -0.25) is 4.79 Å². The lowest BCUT2D eigenvalue weighted by atomic mass is 10.0. The highest BCUT2D eigenvalue weighted by molar-refractivity contribution is 7.90. The second-order valence-electron chi connectivity index (χ2n) is 8.45. The van der Waals surface area contributed by atoms with Gasteiger partial charge in [0.2, 0.25) is 5.91 Å². The molecule has 0 unspecified atom stereocenters. The van der Waals surface area contributed by atoms with Gasteiger partial charge in [-0.1, -0.05) is 24.3 Å². The maximum Gasteiger partial charge on any atom is 0.322 e. The quantitative estimate of drug-likeness (QED) is 0.480. The fraction of sp³-hybridized carbons (Fsp3) is 0.200. The van der Waals surface area contributed by atoms with Gasteiger partial charge in [-0.2, -0.15) is 0 Å². The Hall–Kier alpha value is -3.83. The third-order valence-corrected chi connectivity index (χ3v) is 6.92. The number of nitrogens with one attached hydrogen (secondary N) is 2. The van der Waals surface area contributed by atoms with Gasteiger partial charge in [-0.15, -0.1) is 0 Å². The number of hydrogen-bond acceptors (Lipinski definition) is 5. The highest BCUT2D eigenvalue weighted by atomic mass is 32.2. The van der Waals surface area contributed by atoms with Crippen LogP contribution in [-0.4, -0.2) is 55.3 Å². The molecule has 0 aromatic heterocycles. The van der Waals surface area contributed by atoms with E-state index >= 15 is 0 Å². The smallest absolute Gasteiger partial charge is 0.322 e. The van der Waals surface area contributed by atoms with Crippen LogP contribution in [0.25, 0.3) is 11.1 Å². The number of anilines is 2. The number of urea groups is 1. The zero-order chi connectivity index (χ0) is 26.0. The molecular weight excluding hydrogens is 492 g/mol. The first-order chi connectivity index (χ1) is 17.0. The monoisotopic (exact) mass is 515 g/mol. The van der Waals surface area contributed by atoms with E-state index in [9.17, 15) is 31.9 Å². The van der Waals surface area contributed by atoms with E-state index in [1.165, 1.54) is 42.5 Å². The number of β-amino-alcohol motifs (C(OH)–C–C–N with tert-alkyl or cyclic N) is 1. The summed E-state index contributed by atoms with van der Waals surface area (Å²) in [5.41, 5.74) is 0.765. The van der Waals surface area contributed by atoms with Crippen LogP contribution >= 0.6 is 0 Å². The highest BCUT2D eigenvalue weighted by Gasteiger charge is 2.39. The van der Waals surface area contributed by atoms with Crippen molar-refractivity contribution in [2.75, 3.05) is 23.4 Å². The predicted molar refractivity (Wildman–Crippen MR) is 130 cm³/mol. The molecule has 188 valence electrons. The number of carbonyl (C=O) groups is 2. The highest BCUT2D eigenvalue weighted by Crippen LogP contribution is 2.30. The molecule has 36 heavy (non-hydrogen) atoms. The summed E-state index contributed by atoms with van der Waals surface area (Å²) in [7, 11) is -3.56. The van der Waals surface area contributed by atoms with Gasteiger partial charge in [-0.25, -0.2) is 22.0 Å². The van der Waals surface area contributed by atoms with Crippen molar-refractivity contribution in [3.8, 4) is 11.1 Å². The van der Waals surface area contributed by atoms with Crippen LogP contribution < -0.4 is 10.6 Å². The number of benzene rings is 3. The fourth-order valence-electron chi connectivity index (χ4n) is 4.04. The molecule has 2 atom stereocenters. The van der Waals surface area contributed by atoms with Crippen molar-refractivity contribution in [1.82, 2.24) is 4.90 Å². The molecule has 1 aliphatic heterocycles. The number of rotatable bonds is 5. The molecule has 1 heterocycles. The van der Waals surface area contributed by atoms with E-state index in [4.69, 9.17) is 0 Å². The lowest BCUT2D eigenvalue weighted by Gasteiger charge is -2.24. The van der Waals surface area contributed by atoms with Gasteiger partial charge in [0.05, 0.1) is 16.7 Å². The molecule has 4 rings (SSSR count). The Bertz CT molecular complexity index is 1410. The molecular formula is C25H23F2N3O5S. The summed E-state index contributed by atoms with van der Waals surface area (Å²) < 4.78 is 52.2. The first kappa shape index (κ1) is 25.3. The van der Waals surface area contributed by atoms with Gasteiger partial charge in [0.25, 0.3) is 0 Å². The number of likely N-dealkylation sites (tertiary alicyclic amines) is 1. The topological polar surface area (TPSA) is 116 Å². The van der Waals surface area contributed by atoms with E-state index in [2.05, 4.69) is 10.6 Å². The van der Waals surface area contributed by atoms with E-state index in [0.29, 0.717) is 16.8 Å². The summed E-state index contributed by atoms with van der Waals surface area (Å²) in [5, 5.41) is 15.0. The third-order valence-electron chi connectivity index (χ3n) is 5.76. The van der Waals surface area contributed by atoms with Gasteiger partial charge in [-0.05, 0) is 48.0 Å². The summed E-state index contributed by atoms with van der Waals surface area (Å²) in [6, 6.07) is 13.4. The molecule has 1 aliphatic rings. The molecule has 0 radical (unpaired) electrons. The van der Waals surface area contributed by atoms with E-state index in [-0.39, 0.29) is 23.5 Å². The summed E-state index contributed by atoms with van der Waals surface area (Å²) in [4.78, 5) is 26.8. The molecule has 3 amide bonds. The molecule has 3 aromatic carbocycles. The van der Waals surface area contributed by atoms with E-state index in [1.54, 1.807) is 18.2 Å². The predicted octanol–water partition coefficient (Wildman–Crippen LogP) is 3.64. The molecule has 11 heteroatoms. The molecule has 1 fully saturated rings. The minimum Gasteiger partial charge on any atom is -0.391 e.